The van der Waals surface area contributed by atoms with E-state index in [1.807, 2.05) is 12.1 Å². The Morgan fingerprint density at radius 3 is 2.50 bits per heavy atom. The molecule has 0 amide bonds. The van der Waals surface area contributed by atoms with Gasteiger partial charge >= 0.3 is 0 Å². The third-order valence-corrected chi connectivity index (χ3v) is 3.21. The lowest BCUT2D eigenvalue weighted by Crippen LogP contribution is -2.41. The van der Waals surface area contributed by atoms with Gasteiger partial charge in [0.15, 0.2) is 0 Å². The quantitative estimate of drug-likeness (QED) is 0.715. The van der Waals surface area contributed by atoms with Gasteiger partial charge in [-0.15, -0.1) is 6.58 Å². The van der Waals surface area contributed by atoms with Crippen LogP contribution in [0, 0.1) is 0 Å². The van der Waals surface area contributed by atoms with E-state index in [0.29, 0.717) is 6.04 Å². The van der Waals surface area contributed by atoms with E-state index in [9.17, 15) is 0 Å². The average molecular weight is 246 g/mol. The monoisotopic (exact) mass is 246 g/mol. The molecule has 0 aliphatic carbocycles. The molecular weight excluding hydrogens is 220 g/mol. The van der Waals surface area contributed by atoms with Crippen LogP contribution in [0.2, 0.25) is 0 Å². The van der Waals surface area contributed by atoms with Crippen LogP contribution >= 0.6 is 0 Å². The minimum absolute atomic E-state index is 0.229. The zero-order valence-corrected chi connectivity index (χ0v) is 11.7. The Kier molecular flexibility index (Phi) is 6.69. The van der Waals surface area contributed by atoms with Gasteiger partial charge in [0, 0.05) is 25.2 Å². The normalized spacial score (nSPS) is 12.9. The van der Waals surface area contributed by atoms with E-state index >= 15 is 0 Å². The number of hydrogen-bond donors (Lipinski definition) is 1. The maximum absolute atomic E-state index is 6.21. The predicted octanol–water partition coefficient (Wildman–Crippen LogP) is 2.84. The number of rotatable bonds is 8. The summed E-state index contributed by atoms with van der Waals surface area (Å²) in [6.45, 7) is 10.1. The molecule has 18 heavy (non-hydrogen) atoms. The summed E-state index contributed by atoms with van der Waals surface area (Å²) in [6.07, 6.45) is 4.04. The van der Waals surface area contributed by atoms with Crippen LogP contribution in [0.4, 0.5) is 0 Å². The molecule has 1 aromatic rings. The number of nitrogens with two attached hydrogens (primary N) is 1. The van der Waals surface area contributed by atoms with Crippen molar-refractivity contribution >= 4 is 0 Å². The highest BCUT2D eigenvalue weighted by atomic mass is 15.2. The minimum Gasteiger partial charge on any atom is -0.327 e. The third kappa shape index (κ3) is 5.48. The van der Waals surface area contributed by atoms with Crippen LogP contribution in [-0.4, -0.2) is 30.1 Å². The lowest BCUT2D eigenvalue weighted by Gasteiger charge is -2.28. The van der Waals surface area contributed by atoms with Crippen molar-refractivity contribution in [2.75, 3.05) is 13.1 Å². The molecule has 2 N–H and O–H groups in total. The first-order chi connectivity index (χ1) is 8.63. The Hall–Kier alpha value is -1.12. The van der Waals surface area contributed by atoms with Crippen molar-refractivity contribution < 1.29 is 0 Å². The van der Waals surface area contributed by atoms with Gasteiger partial charge in [0.2, 0.25) is 0 Å². The molecule has 0 aromatic heterocycles. The molecule has 0 spiro atoms. The van der Waals surface area contributed by atoms with E-state index in [4.69, 9.17) is 5.73 Å². The Balaban J connectivity index is 2.36. The average Bonchev–Trinajstić information content (AvgIpc) is 2.37. The van der Waals surface area contributed by atoms with Crippen molar-refractivity contribution in [3.8, 4) is 0 Å². The van der Waals surface area contributed by atoms with Crippen molar-refractivity contribution in [3.05, 3.63) is 48.6 Å². The van der Waals surface area contributed by atoms with Gasteiger partial charge in [-0.1, -0.05) is 36.4 Å². The van der Waals surface area contributed by atoms with Crippen molar-refractivity contribution in [2.24, 2.45) is 5.73 Å². The fraction of sp³-hybridized carbons (Fsp3) is 0.500. The summed E-state index contributed by atoms with van der Waals surface area (Å²) in [5, 5.41) is 0. The Bertz CT molecular complexity index is 332. The zero-order chi connectivity index (χ0) is 13.4. The minimum atomic E-state index is 0.229. The first-order valence-corrected chi connectivity index (χ1v) is 6.78. The van der Waals surface area contributed by atoms with Gasteiger partial charge in [-0.05, 0) is 32.3 Å². The highest BCUT2D eigenvalue weighted by Crippen LogP contribution is 2.06. The molecule has 0 bridgehead atoms. The fourth-order valence-electron chi connectivity index (χ4n) is 2.05. The highest BCUT2D eigenvalue weighted by Gasteiger charge is 2.12. The first kappa shape index (κ1) is 14.9. The van der Waals surface area contributed by atoms with E-state index in [1.165, 1.54) is 5.56 Å². The first-order valence-electron chi connectivity index (χ1n) is 6.78. The van der Waals surface area contributed by atoms with Crippen LogP contribution in [0.1, 0.15) is 25.8 Å². The van der Waals surface area contributed by atoms with E-state index in [0.717, 1.165) is 25.9 Å². The van der Waals surface area contributed by atoms with Gasteiger partial charge < -0.3 is 5.73 Å². The second-order valence-corrected chi connectivity index (χ2v) is 5.12. The zero-order valence-electron chi connectivity index (χ0n) is 11.7. The molecule has 1 atom stereocenters. The predicted molar refractivity (Wildman–Crippen MR) is 79.6 cm³/mol. The van der Waals surface area contributed by atoms with Gasteiger partial charge in [-0.3, -0.25) is 4.90 Å². The molecule has 0 saturated heterocycles. The number of aryl methyl sites for hydroxylation is 1. The maximum Gasteiger partial charge on any atom is 0.0171 e. The molecule has 0 saturated carbocycles. The van der Waals surface area contributed by atoms with Crippen molar-refractivity contribution in [2.45, 2.75) is 38.8 Å². The van der Waals surface area contributed by atoms with E-state index in [1.54, 1.807) is 0 Å². The Labute approximate surface area is 111 Å². The largest absolute Gasteiger partial charge is 0.327 e. The summed E-state index contributed by atoms with van der Waals surface area (Å²) < 4.78 is 0. The van der Waals surface area contributed by atoms with Crippen molar-refractivity contribution in [3.63, 3.8) is 0 Å². The molecule has 2 heteroatoms. The molecule has 2 nitrogen and oxygen atoms in total. The van der Waals surface area contributed by atoms with Gasteiger partial charge in [0.1, 0.15) is 0 Å². The molecular formula is C16H26N2. The molecule has 0 radical (unpaired) electrons. The molecule has 1 unspecified atom stereocenters. The van der Waals surface area contributed by atoms with Crippen molar-refractivity contribution in [1.29, 1.82) is 0 Å². The second kappa shape index (κ2) is 8.06. The lowest BCUT2D eigenvalue weighted by atomic mass is 10.1. The van der Waals surface area contributed by atoms with Crippen LogP contribution in [0.5, 0.6) is 0 Å². The molecule has 1 aromatic carbocycles. The summed E-state index contributed by atoms with van der Waals surface area (Å²) in [5.41, 5.74) is 7.58. The summed E-state index contributed by atoms with van der Waals surface area (Å²) in [4.78, 5) is 2.36. The molecule has 0 aliphatic rings. The van der Waals surface area contributed by atoms with Crippen LogP contribution < -0.4 is 5.73 Å². The standard InChI is InChI=1S/C16H26N2/c1-4-12-18(14(2)3)13-16(17)11-10-15-8-6-5-7-9-15/h4-9,14,16H,1,10-13,17H2,2-3H3. The molecule has 100 valence electrons. The molecule has 1 rings (SSSR count). The Morgan fingerprint density at radius 2 is 1.94 bits per heavy atom. The van der Waals surface area contributed by atoms with E-state index in [2.05, 4.69) is 49.6 Å². The van der Waals surface area contributed by atoms with Crippen LogP contribution in [0.3, 0.4) is 0 Å². The van der Waals surface area contributed by atoms with Gasteiger partial charge in [0.05, 0.1) is 0 Å². The van der Waals surface area contributed by atoms with Gasteiger partial charge in [0.25, 0.3) is 0 Å². The number of nitrogens with zero attached hydrogens (tertiary/aromatic N) is 1. The second-order valence-electron chi connectivity index (χ2n) is 5.12. The summed E-state index contributed by atoms with van der Waals surface area (Å²) in [6, 6.07) is 11.3. The highest BCUT2D eigenvalue weighted by molar-refractivity contribution is 5.14. The van der Waals surface area contributed by atoms with Crippen LogP contribution in [0.25, 0.3) is 0 Å². The van der Waals surface area contributed by atoms with Gasteiger partial charge in [-0.2, -0.15) is 0 Å². The summed E-state index contributed by atoms with van der Waals surface area (Å²) in [5.74, 6) is 0. The molecule has 0 aliphatic heterocycles. The molecule has 0 fully saturated rings. The van der Waals surface area contributed by atoms with Gasteiger partial charge in [-0.25, -0.2) is 0 Å². The smallest absolute Gasteiger partial charge is 0.0171 e. The summed E-state index contributed by atoms with van der Waals surface area (Å²) >= 11 is 0. The van der Waals surface area contributed by atoms with Crippen LogP contribution in [-0.2, 0) is 6.42 Å². The SMILES string of the molecule is C=CCN(CC(N)CCc1ccccc1)C(C)C. The topological polar surface area (TPSA) is 29.3 Å². The maximum atomic E-state index is 6.21. The Morgan fingerprint density at radius 1 is 1.28 bits per heavy atom. The number of hydrogen-bond acceptors (Lipinski definition) is 2. The fourth-order valence-corrected chi connectivity index (χ4v) is 2.05. The van der Waals surface area contributed by atoms with E-state index in [-0.39, 0.29) is 6.04 Å². The van der Waals surface area contributed by atoms with Crippen LogP contribution in [0.15, 0.2) is 43.0 Å². The lowest BCUT2D eigenvalue weighted by molar-refractivity contribution is 0.227. The van der Waals surface area contributed by atoms with E-state index < -0.39 is 0 Å². The third-order valence-electron chi connectivity index (χ3n) is 3.21. The summed E-state index contributed by atoms with van der Waals surface area (Å²) in [7, 11) is 0. The molecule has 0 heterocycles. The van der Waals surface area contributed by atoms with Crippen molar-refractivity contribution in [1.82, 2.24) is 4.90 Å². The number of benzene rings is 1.